The Morgan fingerprint density at radius 2 is 2.19 bits per heavy atom. The molecular formula is C12H12BrN5O3. The molecule has 9 heteroatoms. The summed E-state index contributed by atoms with van der Waals surface area (Å²) in [5.74, 6) is 0.151. The van der Waals surface area contributed by atoms with Gasteiger partial charge in [0.05, 0.1) is 10.6 Å². The second-order valence-electron chi connectivity index (χ2n) is 4.57. The molecule has 1 aromatic carbocycles. The first kappa shape index (κ1) is 15.1. The van der Waals surface area contributed by atoms with E-state index in [1.54, 1.807) is 0 Å². The zero-order chi connectivity index (χ0) is 15.6. The predicted octanol–water partition coefficient (Wildman–Crippen LogP) is 2.85. The van der Waals surface area contributed by atoms with Crippen LogP contribution >= 0.6 is 15.9 Å². The van der Waals surface area contributed by atoms with Crippen molar-refractivity contribution in [2.45, 2.75) is 19.8 Å². The van der Waals surface area contributed by atoms with Gasteiger partial charge in [-0.05, 0) is 22.0 Å². The largest absolute Gasteiger partial charge is 0.318 e. The van der Waals surface area contributed by atoms with Crippen molar-refractivity contribution in [2.24, 2.45) is 0 Å². The fourth-order valence-corrected chi connectivity index (χ4v) is 1.88. The summed E-state index contributed by atoms with van der Waals surface area (Å²) in [6.45, 7) is 3.83. The van der Waals surface area contributed by atoms with Gasteiger partial charge in [0.1, 0.15) is 5.82 Å². The van der Waals surface area contributed by atoms with Gasteiger partial charge in [-0.1, -0.05) is 13.8 Å². The van der Waals surface area contributed by atoms with E-state index in [4.69, 9.17) is 0 Å². The van der Waals surface area contributed by atoms with Crippen LogP contribution in [0.5, 0.6) is 0 Å². The SMILES string of the molecule is CC(C)c1nc(C(=O)Nc2cc([N+](=O)[O-])ccc2Br)n[nH]1. The molecular weight excluding hydrogens is 342 g/mol. The van der Waals surface area contributed by atoms with Crippen molar-refractivity contribution in [3.63, 3.8) is 0 Å². The molecule has 1 heterocycles. The minimum atomic E-state index is -0.542. The maximum atomic E-state index is 12.0. The van der Waals surface area contributed by atoms with Gasteiger partial charge in [-0.3, -0.25) is 20.0 Å². The molecule has 1 aromatic heterocycles. The standard InChI is InChI=1S/C12H12BrN5O3/c1-6(2)10-15-11(17-16-10)12(19)14-9-5-7(18(20)21)3-4-8(9)13/h3-6H,1-2H3,(H,14,19)(H,15,16,17). The van der Waals surface area contributed by atoms with Crippen LogP contribution in [0, 0.1) is 10.1 Å². The molecule has 2 N–H and O–H groups in total. The number of hydrogen-bond donors (Lipinski definition) is 2. The number of halogens is 1. The van der Waals surface area contributed by atoms with E-state index in [1.165, 1.54) is 18.2 Å². The third-order valence-corrected chi connectivity index (χ3v) is 3.35. The molecule has 0 saturated heterocycles. The second-order valence-corrected chi connectivity index (χ2v) is 5.43. The van der Waals surface area contributed by atoms with E-state index in [2.05, 4.69) is 36.4 Å². The molecule has 2 aromatic rings. The monoisotopic (exact) mass is 353 g/mol. The number of carbonyl (C=O) groups is 1. The van der Waals surface area contributed by atoms with Gasteiger partial charge in [-0.2, -0.15) is 0 Å². The van der Waals surface area contributed by atoms with Gasteiger partial charge in [-0.25, -0.2) is 4.98 Å². The minimum Gasteiger partial charge on any atom is -0.318 e. The molecule has 8 nitrogen and oxygen atoms in total. The summed E-state index contributed by atoms with van der Waals surface area (Å²) in [5, 5.41) is 19.8. The van der Waals surface area contributed by atoms with Crippen molar-refractivity contribution in [2.75, 3.05) is 5.32 Å². The maximum Gasteiger partial charge on any atom is 0.295 e. The number of non-ortho nitro benzene ring substituents is 1. The average Bonchev–Trinajstić information content (AvgIpc) is 2.90. The van der Waals surface area contributed by atoms with Crippen LogP contribution in [0.4, 0.5) is 11.4 Å². The highest BCUT2D eigenvalue weighted by Crippen LogP contribution is 2.27. The van der Waals surface area contributed by atoms with E-state index in [0.717, 1.165) is 0 Å². The van der Waals surface area contributed by atoms with Gasteiger partial charge in [0.25, 0.3) is 11.6 Å². The lowest BCUT2D eigenvalue weighted by molar-refractivity contribution is -0.384. The van der Waals surface area contributed by atoms with Crippen molar-refractivity contribution in [1.82, 2.24) is 15.2 Å². The van der Waals surface area contributed by atoms with Gasteiger partial charge in [0, 0.05) is 22.5 Å². The molecule has 0 aliphatic rings. The van der Waals surface area contributed by atoms with Gasteiger partial charge in [-0.15, -0.1) is 5.10 Å². The summed E-state index contributed by atoms with van der Waals surface area (Å²) in [6.07, 6.45) is 0. The summed E-state index contributed by atoms with van der Waals surface area (Å²) in [7, 11) is 0. The molecule has 0 aliphatic carbocycles. The van der Waals surface area contributed by atoms with Gasteiger partial charge in [0.15, 0.2) is 0 Å². The number of nitro benzene ring substituents is 1. The van der Waals surface area contributed by atoms with Crippen LogP contribution in [-0.2, 0) is 0 Å². The number of nitrogens with one attached hydrogen (secondary N) is 2. The third-order valence-electron chi connectivity index (χ3n) is 2.66. The molecule has 0 unspecified atom stereocenters. The van der Waals surface area contributed by atoms with E-state index in [1.807, 2.05) is 13.8 Å². The zero-order valence-corrected chi connectivity index (χ0v) is 12.8. The lowest BCUT2D eigenvalue weighted by Crippen LogP contribution is -2.14. The van der Waals surface area contributed by atoms with Crippen molar-refractivity contribution >= 4 is 33.2 Å². The number of aromatic nitrogens is 3. The van der Waals surface area contributed by atoms with E-state index >= 15 is 0 Å². The number of H-pyrrole nitrogens is 1. The van der Waals surface area contributed by atoms with Crippen molar-refractivity contribution in [3.05, 3.63) is 44.4 Å². The minimum absolute atomic E-state index is 0.0166. The maximum absolute atomic E-state index is 12.0. The molecule has 21 heavy (non-hydrogen) atoms. The smallest absolute Gasteiger partial charge is 0.295 e. The van der Waals surface area contributed by atoms with Gasteiger partial charge < -0.3 is 5.32 Å². The predicted molar refractivity (Wildman–Crippen MR) is 79.2 cm³/mol. The number of nitrogens with zero attached hydrogens (tertiary/aromatic N) is 3. The Labute approximate surface area is 128 Å². The Morgan fingerprint density at radius 1 is 1.48 bits per heavy atom. The van der Waals surface area contributed by atoms with Crippen molar-refractivity contribution < 1.29 is 9.72 Å². The first-order valence-electron chi connectivity index (χ1n) is 6.06. The topological polar surface area (TPSA) is 114 Å². The van der Waals surface area contributed by atoms with E-state index in [-0.39, 0.29) is 23.1 Å². The molecule has 110 valence electrons. The number of anilines is 1. The summed E-state index contributed by atoms with van der Waals surface area (Å²) >= 11 is 3.22. The average molecular weight is 354 g/mol. The number of hydrogen-bond acceptors (Lipinski definition) is 5. The number of amides is 1. The molecule has 0 radical (unpaired) electrons. The fourth-order valence-electron chi connectivity index (χ4n) is 1.53. The number of aromatic amines is 1. The van der Waals surface area contributed by atoms with Crippen molar-refractivity contribution in [3.8, 4) is 0 Å². The van der Waals surface area contributed by atoms with Crippen LogP contribution < -0.4 is 5.32 Å². The second kappa shape index (κ2) is 6.00. The summed E-state index contributed by atoms with van der Waals surface area (Å²) in [4.78, 5) is 26.3. The van der Waals surface area contributed by atoms with Crippen LogP contribution in [-0.4, -0.2) is 26.0 Å². The molecule has 0 aliphatic heterocycles. The van der Waals surface area contributed by atoms with Crippen LogP contribution in [0.15, 0.2) is 22.7 Å². The molecule has 0 bridgehead atoms. The van der Waals surface area contributed by atoms with Crippen LogP contribution in [0.1, 0.15) is 36.2 Å². The number of benzene rings is 1. The van der Waals surface area contributed by atoms with Gasteiger partial charge in [0.2, 0.25) is 5.82 Å². The highest BCUT2D eigenvalue weighted by atomic mass is 79.9. The highest BCUT2D eigenvalue weighted by molar-refractivity contribution is 9.10. The van der Waals surface area contributed by atoms with E-state index < -0.39 is 10.8 Å². The third kappa shape index (κ3) is 3.43. The number of rotatable bonds is 4. The van der Waals surface area contributed by atoms with E-state index in [9.17, 15) is 14.9 Å². The molecule has 0 fully saturated rings. The highest BCUT2D eigenvalue weighted by Gasteiger charge is 2.17. The first-order valence-corrected chi connectivity index (χ1v) is 6.85. The first-order chi connectivity index (χ1) is 9.88. The lowest BCUT2D eigenvalue weighted by atomic mass is 10.2. The lowest BCUT2D eigenvalue weighted by Gasteiger charge is -2.05. The summed E-state index contributed by atoms with van der Waals surface area (Å²) in [5.41, 5.74) is 0.163. The Morgan fingerprint density at radius 3 is 2.76 bits per heavy atom. The summed E-state index contributed by atoms with van der Waals surface area (Å²) in [6, 6.07) is 4.09. The molecule has 2 rings (SSSR count). The summed E-state index contributed by atoms with van der Waals surface area (Å²) < 4.78 is 0.529. The number of carbonyl (C=O) groups excluding carboxylic acids is 1. The van der Waals surface area contributed by atoms with E-state index in [0.29, 0.717) is 10.3 Å². The Kier molecular flexibility index (Phi) is 4.32. The fraction of sp³-hybridized carbons (Fsp3) is 0.250. The quantitative estimate of drug-likeness (QED) is 0.647. The van der Waals surface area contributed by atoms with Crippen LogP contribution in [0.25, 0.3) is 0 Å². The molecule has 0 atom stereocenters. The Hall–Kier alpha value is -2.29. The van der Waals surface area contributed by atoms with Crippen molar-refractivity contribution in [1.29, 1.82) is 0 Å². The Bertz CT molecular complexity index is 698. The molecule has 0 spiro atoms. The zero-order valence-electron chi connectivity index (χ0n) is 11.3. The molecule has 0 saturated carbocycles. The van der Waals surface area contributed by atoms with Crippen LogP contribution in [0.3, 0.4) is 0 Å². The normalized spacial score (nSPS) is 10.7. The number of nitro groups is 1. The Balaban J connectivity index is 2.22. The van der Waals surface area contributed by atoms with Gasteiger partial charge >= 0.3 is 0 Å². The van der Waals surface area contributed by atoms with Crippen LogP contribution in [0.2, 0.25) is 0 Å². The molecule has 1 amide bonds.